The van der Waals surface area contributed by atoms with Crippen molar-refractivity contribution >= 4 is 34.8 Å². The van der Waals surface area contributed by atoms with Gasteiger partial charge in [-0.05, 0) is 50.4 Å². The van der Waals surface area contributed by atoms with Crippen LogP contribution in [-0.2, 0) is 4.79 Å². The Bertz CT molecular complexity index is 522. The molecule has 1 fully saturated rings. The first kappa shape index (κ1) is 17.5. The van der Waals surface area contributed by atoms with Gasteiger partial charge in [0.05, 0.1) is 10.7 Å². The quantitative estimate of drug-likeness (QED) is 0.861. The van der Waals surface area contributed by atoms with Gasteiger partial charge < -0.3 is 16.0 Å². The molecule has 0 aromatic heterocycles. The molecule has 0 spiro atoms. The van der Waals surface area contributed by atoms with E-state index in [9.17, 15) is 4.79 Å². The van der Waals surface area contributed by atoms with E-state index in [1.807, 2.05) is 0 Å². The highest BCUT2D eigenvalue weighted by atomic mass is 35.5. The average Bonchev–Trinajstić information content (AvgIpc) is 2.49. The van der Waals surface area contributed by atoms with E-state index in [0.29, 0.717) is 28.1 Å². The number of nitrogens with zero attached hydrogens (tertiary/aromatic N) is 1. The van der Waals surface area contributed by atoms with Crippen LogP contribution in [0.25, 0.3) is 0 Å². The molecule has 4 nitrogen and oxygen atoms in total. The highest BCUT2D eigenvalue weighted by Crippen LogP contribution is 2.25. The summed E-state index contributed by atoms with van der Waals surface area (Å²) in [6, 6.07) is 5.25. The van der Waals surface area contributed by atoms with Gasteiger partial charge in [-0.1, -0.05) is 23.2 Å². The van der Waals surface area contributed by atoms with Gasteiger partial charge in [-0.15, -0.1) is 0 Å². The molecule has 2 atom stereocenters. The fraction of sp³-hybridized carbons (Fsp3) is 0.562. The van der Waals surface area contributed by atoms with Crippen LogP contribution in [0.4, 0.5) is 5.69 Å². The molecule has 1 amide bonds. The normalized spacial score (nSPS) is 20.6. The molecule has 3 N–H and O–H groups in total. The molecule has 1 aromatic rings. The highest BCUT2D eigenvalue weighted by Gasteiger charge is 2.22. The van der Waals surface area contributed by atoms with Crippen LogP contribution in [0, 0.1) is 5.92 Å². The summed E-state index contributed by atoms with van der Waals surface area (Å²) in [5.41, 5.74) is 6.55. The van der Waals surface area contributed by atoms with E-state index in [4.69, 9.17) is 28.9 Å². The summed E-state index contributed by atoms with van der Waals surface area (Å²) in [5.74, 6) is 0.478. The van der Waals surface area contributed by atoms with E-state index in [-0.39, 0.29) is 11.9 Å². The fourth-order valence-corrected chi connectivity index (χ4v) is 3.13. The van der Waals surface area contributed by atoms with Gasteiger partial charge in [-0.25, -0.2) is 0 Å². The molecule has 2 unspecified atom stereocenters. The van der Waals surface area contributed by atoms with Gasteiger partial charge in [-0.2, -0.15) is 0 Å². The minimum Gasteiger partial charge on any atom is -0.328 e. The highest BCUT2D eigenvalue weighted by molar-refractivity contribution is 6.35. The smallest absolute Gasteiger partial charge is 0.225 e. The summed E-state index contributed by atoms with van der Waals surface area (Å²) in [6.45, 7) is 4.81. The lowest BCUT2D eigenvalue weighted by Gasteiger charge is -2.34. The van der Waals surface area contributed by atoms with E-state index in [0.717, 1.165) is 26.1 Å². The molecule has 0 radical (unpaired) electrons. The zero-order valence-electron chi connectivity index (χ0n) is 12.8. The molecule has 6 heteroatoms. The van der Waals surface area contributed by atoms with Crippen molar-refractivity contribution in [2.75, 3.05) is 25.0 Å². The van der Waals surface area contributed by atoms with Crippen molar-refractivity contribution < 1.29 is 4.79 Å². The lowest BCUT2D eigenvalue weighted by atomic mass is 9.92. The van der Waals surface area contributed by atoms with Crippen molar-refractivity contribution in [3.05, 3.63) is 28.2 Å². The Kier molecular flexibility index (Phi) is 6.50. The SMILES string of the molecule is CC(N)C1CCCN(CCC(=O)Nc2cc(Cl)ccc2Cl)C1. The van der Waals surface area contributed by atoms with Crippen molar-refractivity contribution in [1.29, 1.82) is 0 Å². The lowest BCUT2D eigenvalue weighted by Crippen LogP contribution is -2.43. The fourth-order valence-electron chi connectivity index (χ4n) is 2.79. The molecule has 22 heavy (non-hydrogen) atoms. The van der Waals surface area contributed by atoms with Crippen molar-refractivity contribution in [2.45, 2.75) is 32.2 Å². The summed E-state index contributed by atoms with van der Waals surface area (Å²) in [5, 5.41) is 3.86. The van der Waals surface area contributed by atoms with E-state index in [1.54, 1.807) is 18.2 Å². The number of piperidine rings is 1. The topological polar surface area (TPSA) is 58.4 Å². The van der Waals surface area contributed by atoms with Crippen LogP contribution in [0.15, 0.2) is 18.2 Å². The van der Waals surface area contributed by atoms with Gasteiger partial charge in [0.25, 0.3) is 0 Å². The largest absolute Gasteiger partial charge is 0.328 e. The summed E-state index contributed by atoms with van der Waals surface area (Å²) < 4.78 is 0. The predicted octanol–water partition coefficient (Wildman–Crippen LogP) is 3.38. The minimum atomic E-state index is -0.0490. The molecular weight excluding hydrogens is 321 g/mol. The Morgan fingerprint density at radius 3 is 3.00 bits per heavy atom. The second-order valence-corrected chi connectivity index (χ2v) is 6.83. The number of nitrogens with one attached hydrogen (secondary N) is 1. The first-order chi connectivity index (χ1) is 10.5. The number of anilines is 1. The number of likely N-dealkylation sites (tertiary alicyclic amines) is 1. The third-order valence-electron chi connectivity index (χ3n) is 4.14. The molecule has 2 rings (SSSR count). The monoisotopic (exact) mass is 343 g/mol. The van der Waals surface area contributed by atoms with Crippen LogP contribution < -0.4 is 11.1 Å². The van der Waals surface area contributed by atoms with Crippen LogP contribution in [0.1, 0.15) is 26.2 Å². The van der Waals surface area contributed by atoms with Crippen LogP contribution in [0.5, 0.6) is 0 Å². The Labute approximate surface area is 141 Å². The summed E-state index contributed by atoms with van der Waals surface area (Å²) in [6.07, 6.45) is 2.76. The number of benzene rings is 1. The second kappa shape index (κ2) is 8.16. The second-order valence-electron chi connectivity index (χ2n) is 5.98. The summed E-state index contributed by atoms with van der Waals surface area (Å²) >= 11 is 12.0. The van der Waals surface area contributed by atoms with Crippen molar-refractivity contribution in [3.63, 3.8) is 0 Å². The molecule has 1 heterocycles. The zero-order chi connectivity index (χ0) is 16.1. The Balaban J connectivity index is 1.81. The third-order valence-corrected chi connectivity index (χ3v) is 4.71. The van der Waals surface area contributed by atoms with Crippen molar-refractivity contribution in [1.82, 2.24) is 4.90 Å². The number of hydrogen-bond donors (Lipinski definition) is 2. The van der Waals surface area contributed by atoms with Crippen LogP contribution >= 0.6 is 23.2 Å². The predicted molar refractivity (Wildman–Crippen MR) is 92.5 cm³/mol. The molecule has 0 aliphatic carbocycles. The molecule has 0 bridgehead atoms. The molecule has 1 aliphatic heterocycles. The van der Waals surface area contributed by atoms with Crippen molar-refractivity contribution in [3.8, 4) is 0 Å². The molecule has 0 saturated carbocycles. The van der Waals surface area contributed by atoms with Gasteiger partial charge in [0.2, 0.25) is 5.91 Å². The lowest BCUT2D eigenvalue weighted by molar-refractivity contribution is -0.116. The molecule has 122 valence electrons. The number of hydrogen-bond acceptors (Lipinski definition) is 3. The van der Waals surface area contributed by atoms with Crippen LogP contribution in [0.2, 0.25) is 10.0 Å². The standard InChI is InChI=1S/C16H23Cl2N3O/c1-11(19)12-3-2-7-21(10-12)8-6-16(22)20-15-9-13(17)4-5-14(15)18/h4-5,9,11-12H,2-3,6-8,10,19H2,1H3,(H,20,22). The summed E-state index contributed by atoms with van der Waals surface area (Å²) in [7, 11) is 0. The first-order valence-electron chi connectivity index (χ1n) is 7.68. The molecular formula is C16H23Cl2N3O. The van der Waals surface area contributed by atoms with Gasteiger partial charge in [0, 0.05) is 30.6 Å². The van der Waals surface area contributed by atoms with Gasteiger partial charge in [0.1, 0.15) is 0 Å². The van der Waals surface area contributed by atoms with Crippen molar-refractivity contribution in [2.24, 2.45) is 11.7 Å². The number of carbonyl (C=O) groups is 1. The van der Waals surface area contributed by atoms with Crippen LogP contribution in [0.3, 0.4) is 0 Å². The Hall–Kier alpha value is -0.810. The maximum absolute atomic E-state index is 12.1. The van der Waals surface area contributed by atoms with Gasteiger partial charge in [0.15, 0.2) is 0 Å². The molecule has 1 aliphatic rings. The van der Waals surface area contributed by atoms with Gasteiger partial charge >= 0.3 is 0 Å². The molecule has 1 aromatic carbocycles. The number of halogens is 2. The van der Waals surface area contributed by atoms with E-state index in [2.05, 4.69) is 17.1 Å². The Morgan fingerprint density at radius 1 is 1.50 bits per heavy atom. The maximum Gasteiger partial charge on any atom is 0.225 e. The number of amides is 1. The zero-order valence-corrected chi connectivity index (χ0v) is 14.3. The molecule has 1 saturated heterocycles. The number of carbonyl (C=O) groups excluding carboxylic acids is 1. The van der Waals surface area contributed by atoms with Crippen LogP contribution in [-0.4, -0.2) is 36.5 Å². The van der Waals surface area contributed by atoms with E-state index >= 15 is 0 Å². The average molecular weight is 344 g/mol. The minimum absolute atomic E-state index is 0.0490. The first-order valence-corrected chi connectivity index (χ1v) is 8.44. The van der Waals surface area contributed by atoms with Gasteiger partial charge in [-0.3, -0.25) is 4.79 Å². The van der Waals surface area contributed by atoms with E-state index < -0.39 is 0 Å². The third kappa shape index (κ3) is 5.13. The maximum atomic E-state index is 12.1. The summed E-state index contributed by atoms with van der Waals surface area (Å²) in [4.78, 5) is 14.4. The Morgan fingerprint density at radius 2 is 2.27 bits per heavy atom. The number of rotatable bonds is 5. The number of nitrogens with two attached hydrogens (primary N) is 1. The van der Waals surface area contributed by atoms with E-state index in [1.165, 1.54) is 6.42 Å².